The van der Waals surface area contributed by atoms with Gasteiger partial charge < -0.3 is 4.74 Å². The molecule has 0 aliphatic heterocycles. The molecule has 2 aromatic rings. The lowest BCUT2D eigenvalue weighted by molar-refractivity contribution is -0.385. The van der Waals surface area contributed by atoms with Crippen molar-refractivity contribution in [1.82, 2.24) is 9.97 Å². The van der Waals surface area contributed by atoms with E-state index in [0.717, 1.165) is 12.4 Å². The average molecular weight is 294 g/mol. The van der Waals surface area contributed by atoms with E-state index in [2.05, 4.69) is 9.97 Å². The molecule has 0 amide bonds. The van der Waals surface area contributed by atoms with Crippen molar-refractivity contribution in [3.63, 3.8) is 0 Å². The van der Waals surface area contributed by atoms with Gasteiger partial charge >= 0.3 is 11.7 Å². The second-order valence-electron chi connectivity index (χ2n) is 3.78. The van der Waals surface area contributed by atoms with Gasteiger partial charge in [0.2, 0.25) is 0 Å². The van der Waals surface area contributed by atoms with Crippen LogP contribution in [0.2, 0.25) is 5.02 Å². The quantitative estimate of drug-likeness (QED) is 0.488. The predicted molar refractivity (Wildman–Crippen MR) is 70.2 cm³/mol. The fraction of sp³-hybridized carbons (Fsp3) is 0.0833. The molecule has 0 atom stereocenters. The Morgan fingerprint density at radius 3 is 2.50 bits per heavy atom. The minimum absolute atomic E-state index is 0.0759. The van der Waals surface area contributed by atoms with Gasteiger partial charge in [0.15, 0.2) is 5.78 Å². The van der Waals surface area contributed by atoms with Crippen molar-refractivity contribution in [3.8, 4) is 11.8 Å². The maximum atomic E-state index is 11.2. The standard InChI is InChI=1S/C12H8ClN3O4/c1-7(17)8-2-3-11(10(13)4-8)20-12-14-5-9(6-15-12)16(18)19/h2-6H,1H3. The van der Waals surface area contributed by atoms with Crippen molar-refractivity contribution in [3.05, 3.63) is 51.3 Å². The fourth-order valence-electron chi connectivity index (χ4n) is 1.36. The first-order valence-corrected chi connectivity index (χ1v) is 5.80. The van der Waals surface area contributed by atoms with Crippen LogP contribution in [0, 0.1) is 10.1 Å². The maximum Gasteiger partial charge on any atom is 0.322 e. The number of carbonyl (C=O) groups is 1. The van der Waals surface area contributed by atoms with Crippen LogP contribution in [0.3, 0.4) is 0 Å². The summed E-state index contributed by atoms with van der Waals surface area (Å²) in [5.41, 5.74) is 0.211. The highest BCUT2D eigenvalue weighted by Gasteiger charge is 2.11. The molecule has 1 heterocycles. The number of rotatable bonds is 4. The van der Waals surface area contributed by atoms with Crippen LogP contribution in [0.4, 0.5) is 5.69 Å². The Bertz CT molecular complexity index is 673. The first-order chi connectivity index (χ1) is 9.47. The van der Waals surface area contributed by atoms with E-state index < -0.39 is 4.92 Å². The summed E-state index contributed by atoms with van der Waals surface area (Å²) in [6.45, 7) is 1.42. The molecule has 0 spiro atoms. The van der Waals surface area contributed by atoms with E-state index in [1.54, 1.807) is 6.07 Å². The number of ether oxygens (including phenoxy) is 1. The summed E-state index contributed by atoms with van der Waals surface area (Å²) < 4.78 is 5.29. The van der Waals surface area contributed by atoms with Gasteiger partial charge in [-0.05, 0) is 25.1 Å². The molecule has 1 aromatic heterocycles. The van der Waals surface area contributed by atoms with Gasteiger partial charge in [-0.2, -0.15) is 9.97 Å². The zero-order valence-corrected chi connectivity index (χ0v) is 11.0. The Balaban J connectivity index is 2.21. The molecular formula is C12H8ClN3O4. The summed E-state index contributed by atoms with van der Waals surface area (Å²) in [4.78, 5) is 28.4. The van der Waals surface area contributed by atoms with Gasteiger partial charge in [0.25, 0.3) is 0 Å². The van der Waals surface area contributed by atoms with Gasteiger partial charge in [-0.1, -0.05) is 11.6 Å². The average Bonchev–Trinajstić information content (AvgIpc) is 2.41. The smallest absolute Gasteiger partial charge is 0.322 e. The highest BCUT2D eigenvalue weighted by Crippen LogP contribution is 2.28. The highest BCUT2D eigenvalue weighted by molar-refractivity contribution is 6.32. The maximum absolute atomic E-state index is 11.2. The molecule has 7 nitrogen and oxygen atoms in total. The van der Waals surface area contributed by atoms with Crippen LogP contribution in [-0.2, 0) is 0 Å². The Hall–Kier alpha value is -2.54. The number of nitrogens with zero attached hydrogens (tertiary/aromatic N) is 3. The number of aromatic nitrogens is 2. The summed E-state index contributed by atoms with van der Waals surface area (Å²) in [6, 6.07) is 4.44. The van der Waals surface area contributed by atoms with Gasteiger partial charge in [-0.25, -0.2) is 0 Å². The number of ketones is 1. The molecule has 2 rings (SSSR count). The van der Waals surface area contributed by atoms with E-state index >= 15 is 0 Å². The van der Waals surface area contributed by atoms with Crippen molar-refractivity contribution in [2.24, 2.45) is 0 Å². The van der Waals surface area contributed by atoms with Gasteiger partial charge in [-0.15, -0.1) is 0 Å². The Morgan fingerprint density at radius 2 is 2.00 bits per heavy atom. The van der Waals surface area contributed by atoms with Crippen molar-refractivity contribution < 1.29 is 14.5 Å². The highest BCUT2D eigenvalue weighted by atomic mass is 35.5. The third-order valence-electron chi connectivity index (χ3n) is 2.36. The van der Waals surface area contributed by atoms with E-state index in [1.165, 1.54) is 19.1 Å². The lowest BCUT2D eigenvalue weighted by Crippen LogP contribution is -1.96. The second kappa shape index (κ2) is 5.62. The van der Waals surface area contributed by atoms with Crippen LogP contribution >= 0.6 is 11.6 Å². The summed E-state index contributed by atoms with van der Waals surface area (Å²) in [5.74, 6) is 0.135. The molecule has 0 saturated carbocycles. The monoisotopic (exact) mass is 293 g/mol. The number of hydrogen-bond acceptors (Lipinski definition) is 6. The second-order valence-corrected chi connectivity index (χ2v) is 4.19. The first-order valence-electron chi connectivity index (χ1n) is 5.42. The van der Waals surface area contributed by atoms with Gasteiger partial charge in [0.1, 0.15) is 18.1 Å². The van der Waals surface area contributed by atoms with E-state index in [1.807, 2.05) is 0 Å². The topological polar surface area (TPSA) is 95.2 Å². The minimum atomic E-state index is -0.613. The molecule has 0 bridgehead atoms. The molecule has 1 aromatic carbocycles. The SMILES string of the molecule is CC(=O)c1ccc(Oc2ncc([N+](=O)[O-])cn2)c(Cl)c1. The summed E-state index contributed by atoms with van der Waals surface area (Å²) >= 11 is 5.96. The van der Waals surface area contributed by atoms with Crippen LogP contribution < -0.4 is 4.74 Å². The van der Waals surface area contributed by atoms with E-state index in [9.17, 15) is 14.9 Å². The molecule has 8 heteroatoms. The number of halogens is 1. The summed E-state index contributed by atoms with van der Waals surface area (Å²) in [5, 5.41) is 10.7. The Kier molecular flexibility index (Phi) is 3.90. The molecule has 0 unspecified atom stereocenters. The van der Waals surface area contributed by atoms with E-state index in [4.69, 9.17) is 16.3 Å². The summed E-state index contributed by atoms with van der Waals surface area (Å²) in [6.07, 6.45) is 2.06. The fourth-order valence-corrected chi connectivity index (χ4v) is 1.58. The van der Waals surface area contributed by atoms with Crippen LogP contribution in [0.1, 0.15) is 17.3 Å². The minimum Gasteiger partial charge on any atom is -0.423 e. The van der Waals surface area contributed by atoms with Crippen LogP contribution in [0.15, 0.2) is 30.6 Å². The van der Waals surface area contributed by atoms with E-state index in [-0.39, 0.29) is 28.3 Å². The first kappa shape index (κ1) is 13.9. The van der Waals surface area contributed by atoms with Gasteiger partial charge in [-0.3, -0.25) is 14.9 Å². The molecule has 0 N–H and O–H groups in total. The van der Waals surface area contributed by atoms with Crippen molar-refractivity contribution in [2.75, 3.05) is 0 Å². The molecule has 0 radical (unpaired) electrons. The molecule has 0 fully saturated rings. The van der Waals surface area contributed by atoms with Crippen molar-refractivity contribution in [1.29, 1.82) is 0 Å². The molecular weight excluding hydrogens is 286 g/mol. The third-order valence-corrected chi connectivity index (χ3v) is 2.66. The van der Waals surface area contributed by atoms with Crippen molar-refractivity contribution in [2.45, 2.75) is 6.92 Å². The van der Waals surface area contributed by atoms with Crippen LogP contribution in [-0.4, -0.2) is 20.7 Å². The third kappa shape index (κ3) is 3.07. The van der Waals surface area contributed by atoms with Crippen LogP contribution in [0.5, 0.6) is 11.8 Å². The zero-order valence-electron chi connectivity index (χ0n) is 10.2. The van der Waals surface area contributed by atoms with Crippen molar-refractivity contribution >= 4 is 23.1 Å². The predicted octanol–water partition coefficient (Wildman–Crippen LogP) is 3.03. The van der Waals surface area contributed by atoms with Gasteiger partial charge in [0.05, 0.1) is 9.95 Å². The number of hydrogen-bond donors (Lipinski definition) is 0. The lowest BCUT2D eigenvalue weighted by atomic mass is 10.1. The lowest BCUT2D eigenvalue weighted by Gasteiger charge is -2.06. The Labute approximate surface area is 118 Å². The molecule has 0 saturated heterocycles. The molecule has 102 valence electrons. The number of benzene rings is 1. The van der Waals surface area contributed by atoms with Crippen LogP contribution in [0.25, 0.3) is 0 Å². The number of Topliss-reactive ketones (excluding diaryl/α,β-unsaturated/α-hetero) is 1. The van der Waals surface area contributed by atoms with Gasteiger partial charge in [0, 0.05) is 5.56 Å². The Morgan fingerprint density at radius 1 is 1.35 bits per heavy atom. The zero-order chi connectivity index (χ0) is 14.7. The van der Waals surface area contributed by atoms with E-state index in [0.29, 0.717) is 5.56 Å². The number of nitro groups is 1. The largest absolute Gasteiger partial charge is 0.423 e. The molecule has 20 heavy (non-hydrogen) atoms. The normalized spacial score (nSPS) is 10.1. The number of carbonyl (C=O) groups excluding carboxylic acids is 1. The molecule has 0 aliphatic rings. The molecule has 0 aliphatic carbocycles. The summed E-state index contributed by atoms with van der Waals surface area (Å²) in [7, 11) is 0.